The van der Waals surface area contributed by atoms with Gasteiger partial charge < -0.3 is 10.5 Å². The van der Waals surface area contributed by atoms with Gasteiger partial charge in [-0.15, -0.1) is 4.40 Å². The molecule has 0 aliphatic heterocycles. The van der Waals surface area contributed by atoms with Crippen LogP contribution in [0.25, 0.3) is 0 Å². The van der Waals surface area contributed by atoms with Crippen molar-refractivity contribution in [2.45, 2.75) is 62.5 Å². The third-order valence-corrected chi connectivity index (χ3v) is 10.9. The second-order valence-corrected chi connectivity index (χ2v) is 13.0. The number of sulfonamides is 1. The van der Waals surface area contributed by atoms with Crippen LogP contribution in [0.15, 0.2) is 16.7 Å². The molecule has 1 aromatic heterocycles. The largest absolute Gasteiger partial charge is 0.493 e. The smallest absolute Gasteiger partial charge is 0.259 e. The van der Waals surface area contributed by atoms with Gasteiger partial charge in [0.15, 0.2) is 0 Å². The Kier molecular flexibility index (Phi) is 3.59. The Morgan fingerprint density at radius 1 is 1.19 bits per heavy atom. The molecule has 0 bridgehead atoms. The van der Waals surface area contributed by atoms with Gasteiger partial charge in [-0.25, -0.2) is 8.42 Å². The van der Waals surface area contributed by atoms with Gasteiger partial charge in [0.05, 0.1) is 11.9 Å². The van der Waals surface area contributed by atoms with Crippen LogP contribution in [0.5, 0.6) is 5.75 Å². The normalized spacial score (nSPS) is 40.3. The Bertz CT molecular complexity index is 1140. The van der Waals surface area contributed by atoms with E-state index in [-0.39, 0.29) is 11.4 Å². The number of rotatable bonds is 6. The molecule has 6 fully saturated rings. The fraction of sp³-hybridized carbons (Fsp3) is 0.739. The third-order valence-electron chi connectivity index (χ3n) is 9.14. The summed E-state index contributed by atoms with van der Waals surface area (Å²) in [5.41, 5.74) is 7.98. The third kappa shape index (κ3) is 2.86. The van der Waals surface area contributed by atoms with E-state index in [1.54, 1.807) is 12.3 Å². The lowest BCUT2D eigenvalue weighted by molar-refractivity contribution is 0.240. The molecule has 1 aromatic rings. The predicted octanol–water partition coefficient (Wildman–Crippen LogP) is 2.56. The number of nitrogens with one attached hydrogen (secondary N) is 1. The van der Waals surface area contributed by atoms with Crippen molar-refractivity contribution in [2.24, 2.45) is 45.1 Å². The standard InChI is InChI=1S/C23H30N4O3S/c24-21-7-20(30-11-12-5-15-16(6-12)19-9-23(19)8-18(15)23)17(13-1-2-13)10-27(21)22(25)26-31(28,29)14-3-4-14/h7,10,12-16,18-19,24H,1-6,8-9,11H2,(H2,25,26). The molecule has 6 saturated carbocycles. The van der Waals surface area contributed by atoms with E-state index in [1.807, 2.05) is 0 Å². The summed E-state index contributed by atoms with van der Waals surface area (Å²) in [6.07, 6.45) is 10.9. The van der Waals surface area contributed by atoms with E-state index < -0.39 is 15.3 Å². The van der Waals surface area contributed by atoms with Crippen molar-refractivity contribution in [2.75, 3.05) is 6.61 Å². The van der Waals surface area contributed by atoms with E-state index in [1.165, 1.54) is 30.3 Å². The maximum absolute atomic E-state index is 12.2. The zero-order valence-corrected chi connectivity index (χ0v) is 18.5. The van der Waals surface area contributed by atoms with Crippen LogP contribution in [0.3, 0.4) is 0 Å². The Labute approximate surface area is 182 Å². The molecule has 4 atom stereocenters. The lowest BCUT2D eigenvalue weighted by Gasteiger charge is -2.17. The molecule has 31 heavy (non-hydrogen) atoms. The van der Waals surface area contributed by atoms with Gasteiger partial charge in [-0.1, -0.05) is 0 Å². The Hall–Kier alpha value is -1.83. The first-order valence-corrected chi connectivity index (χ1v) is 13.4. The molecule has 0 saturated heterocycles. The molecular weight excluding hydrogens is 412 g/mol. The molecule has 4 unspecified atom stereocenters. The minimum absolute atomic E-state index is 0.107. The molecule has 1 spiro atoms. The minimum Gasteiger partial charge on any atom is -0.493 e. The van der Waals surface area contributed by atoms with E-state index in [9.17, 15) is 8.42 Å². The van der Waals surface area contributed by atoms with Gasteiger partial charge in [0.25, 0.3) is 10.0 Å². The number of hydrogen-bond acceptors (Lipinski definition) is 4. The van der Waals surface area contributed by atoms with Gasteiger partial charge in [0.2, 0.25) is 5.96 Å². The van der Waals surface area contributed by atoms with Crippen LogP contribution in [-0.4, -0.2) is 30.8 Å². The second-order valence-electron chi connectivity index (χ2n) is 11.1. The number of hydrogen-bond donors (Lipinski definition) is 2. The summed E-state index contributed by atoms with van der Waals surface area (Å²) in [5, 5.41) is 8.00. The van der Waals surface area contributed by atoms with Crippen molar-refractivity contribution in [3.63, 3.8) is 0 Å². The molecule has 0 amide bonds. The van der Waals surface area contributed by atoms with Crippen LogP contribution in [0.2, 0.25) is 0 Å². The highest BCUT2D eigenvalue weighted by Gasteiger charge is 2.80. The highest BCUT2D eigenvalue weighted by molar-refractivity contribution is 7.91. The zero-order chi connectivity index (χ0) is 21.1. The highest BCUT2D eigenvalue weighted by Crippen LogP contribution is 2.87. The van der Waals surface area contributed by atoms with Crippen molar-refractivity contribution in [1.29, 1.82) is 5.41 Å². The van der Waals surface area contributed by atoms with Gasteiger partial charge in [-0.05, 0) is 92.3 Å². The molecule has 8 heteroatoms. The molecule has 0 radical (unpaired) electrons. The molecule has 7 rings (SSSR count). The van der Waals surface area contributed by atoms with Crippen molar-refractivity contribution < 1.29 is 13.2 Å². The lowest BCUT2D eigenvalue weighted by Crippen LogP contribution is -2.34. The van der Waals surface area contributed by atoms with Crippen molar-refractivity contribution in [3.05, 3.63) is 23.3 Å². The van der Waals surface area contributed by atoms with Crippen molar-refractivity contribution >= 4 is 16.0 Å². The van der Waals surface area contributed by atoms with Crippen LogP contribution < -0.4 is 16.0 Å². The van der Waals surface area contributed by atoms with Gasteiger partial charge in [0, 0.05) is 17.8 Å². The maximum Gasteiger partial charge on any atom is 0.259 e. The first-order chi connectivity index (χ1) is 14.9. The molecule has 7 nitrogen and oxygen atoms in total. The fourth-order valence-corrected chi connectivity index (χ4v) is 8.41. The second kappa shape index (κ2) is 5.94. The molecule has 6 aliphatic carbocycles. The van der Waals surface area contributed by atoms with E-state index in [0.717, 1.165) is 59.8 Å². The highest BCUT2D eigenvalue weighted by atomic mass is 32.2. The first-order valence-electron chi connectivity index (χ1n) is 11.9. The molecular formula is C23H30N4O3S. The molecule has 3 N–H and O–H groups in total. The number of nitrogens with two attached hydrogens (primary N) is 1. The average Bonchev–Trinajstić information content (AvgIpc) is 3.57. The van der Waals surface area contributed by atoms with Crippen LogP contribution in [-0.2, 0) is 10.0 Å². The quantitative estimate of drug-likeness (QED) is 0.521. The van der Waals surface area contributed by atoms with Gasteiger partial charge in [-0.3, -0.25) is 9.98 Å². The summed E-state index contributed by atoms with van der Waals surface area (Å²) in [6.45, 7) is 0.724. The van der Waals surface area contributed by atoms with Gasteiger partial charge in [0.1, 0.15) is 11.2 Å². The van der Waals surface area contributed by atoms with E-state index in [4.69, 9.17) is 15.9 Å². The Morgan fingerprint density at radius 3 is 2.48 bits per heavy atom. The summed E-state index contributed by atoms with van der Waals surface area (Å²) in [4.78, 5) is 0. The Morgan fingerprint density at radius 2 is 1.87 bits per heavy atom. The summed E-state index contributed by atoms with van der Waals surface area (Å²) in [7, 11) is -3.58. The topological polar surface area (TPSA) is 111 Å². The molecule has 1 heterocycles. The average molecular weight is 443 g/mol. The Balaban J connectivity index is 1.10. The van der Waals surface area contributed by atoms with Crippen LogP contribution >= 0.6 is 0 Å². The van der Waals surface area contributed by atoms with Gasteiger partial charge in [-0.2, -0.15) is 0 Å². The number of nitrogens with zero attached hydrogens (tertiary/aromatic N) is 2. The minimum atomic E-state index is -3.58. The summed E-state index contributed by atoms with van der Waals surface area (Å²) in [6, 6.07) is 1.70. The molecule has 166 valence electrons. The van der Waals surface area contributed by atoms with Gasteiger partial charge >= 0.3 is 0 Å². The van der Waals surface area contributed by atoms with Crippen molar-refractivity contribution in [1.82, 2.24) is 4.57 Å². The van der Waals surface area contributed by atoms with Crippen LogP contribution in [0, 0.1) is 40.4 Å². The first kappa shape index (κ1) is 18.7. The molecule has 6 aliphatic rings. The van der Waals surface area contributed by atoms with E-state index in [0.29, 0.717) is 24.7 Å². The summed E-state index contributed by atoms with van der Waals surface area (Å²) >= 11 is 0. The predicted molar refractivity (Wildman–Crippen MR) is 115 cm³/mol. The maximum atomic E-state index is 12.2. The number of ether oxygens (including phenoxy) is 1. The monoisotopic (exact) mass is 442 g/mol. The number of aromatic nitrogens is 1. The van der Waals surface area contributed by atoms with E-state index in [2.05, 4.69) is 4.40 Å². The number of pyridine rings is 1. The zero-order valence-electron chi connectivity index (χ0n) is 17.7. The van der Waals surface area contributed by atoms with Crippen molar-refractivity contribution in [3.8, 4) is 5.75 Å². The van der Waals surface area contributed by atoms with Crippen LogP contribution in [0.1, 0.15) is 62.8 Å². The molecule has 0 aromatic carbocycles. The fourth-order valence-electron chi connectivity index (χ4n) is 7.18. The SMILES string of the molecule is N=c1cc(OCC2CC3C(C2)C2CC24CC34)c(C2CC2)cn1C(N)=NS(=O)(=O)C1CC1. The van der Waals surface area contributed by atoms with Crippen LogP contribution in [0.4, 0.5) is 0 Å². The summed E-state index contributed by atoms with van der Waals surface area (Å²) < 4.78 is 35.9. The lowest BCUT2D eigenvalue weighted by atomic mass is 9.92. The van der Waals surface area contributed by atoms with E-state index >= 15 is 0 Å². The summed E-state index contributed by atoms with van der Waals surface area (Å²) in [5.74, 6) is 5.60. The number of fused-ring (bicyclic) bond motifs is 3.